The zero-order valence-electron chi connectivity index (χ0n) is 17.6. The number of amides is 1. The average molecular weight is 399 g/mol. The Morgan fingerprint density at radius 2 is 1.60 bits per heavy atom. The number of hydrogen-bond acceptors (Lipinski definition) is 2. The van der Waals surface area contributed by atoms with E-state index in [-0.39, 0.29) is 5.91 Å². The van der Waals surface area contributed by atoms with Crippen molar-refractivity contribution in [3.63, 3.8) is 0 Å². The molecule has 1 aliphatic heterocycles. The summed E-state index contributed by atoms with van der Waals surface area (Å²) >= 11 is 0. The van der Waals surface area contributed by atoms with Gasteiger partial charge in [0, 0.05) is 13.1 Å². The molecule has 0 radical (unpaired) electrons. The predicted molar refractivity (Wildman–Crippen MR) is 123 cm³/mol. The minimum Gasteiger partial charge on any atom is -0.341 e. The minimum absolute atomic E-state index is 0.0760. The number of nitrogens with two attached hydrogens (primary N) is 1. The summed E-state index contributed by atoms with van der Waals surface area (Å²) in [5, 5.41) is 0. The fourth-order valence-corrected chi connectivity index (χ4v) is 4.34. The number of rotatable bonds is 5. The maximum absolute atomic E-state index is 12.9. The van der Waals surface area contributed by atoms with E-state index >= 15 is 0 Å². The highest BCUT2D eigenvalue weighted by Gasteiger charge is 2.27. The van der Waals surface area contributed by atoms with Gasteiger partial charge in [-0.1, -0.05) is 84.4 Å². The van der Waals surface area contributed by atoms with Gasteiger partial charge in [0.15, 0.2) is 0 Å². The van der Waals surface area contributed by atoms with Gasteiger partial charge in [0.25, 0.3) is 0 Å². The van der Waals surface area contributed by atoms with E-state index in [9.17, 15) is 4.79 Å². The lowest BCUT2D eigenvalue weighted by molar-refractivity contribution is -0.133. The molecule has 1 unspecified atom stereocenters. The summed E-state index contributed by atoms with van der Waals surface area (Å²) in [6.45, 7) is 3.62. The number of benzene rings is 3. The molecule has 3 aromatic rings. The van der Waals surface area contributed by atoms with Gasteiger partial charge in [-0.25, -0.2) is 0 Å². The second kappa shape index (κ2) is 9.27. The summed E-state index contributed by atoms with van der Waals surface area (Å²) in [7, 11) is 0. The molecule has 1 saturated heterocycles. The largest absolute Gasteiger partial charge is 0.341 e. The standard InChI is InChI=1S/C27H30N2O/c1-20-10-12-21(13-11-20)18-26(28)27(30)29-16-14-23(15-17-29)25-9-5-8-24(19-25)22-6-3-2-4-7-22/h2-13,19,23,26H,14-18,28H2,1H3. The number of carbonyl (C=O) groups is 1. The molecule has 4 rings (SSSR count). The molecule has 0 aliphatic carbocycles. The quantitative estimate of drug-likeness (QED) is 0.662. The Morgan fingerprint density at radius 1 is 0.933 bits per heavy atom. The van der Waals surface area contributed by atoms with Crippen molar-refractivity contribution < 1.29 is 4.79 Å². The van der Waals surface area contributed by atoms with Crippen LogP contribution in [0.3, 0.4) is 0 Å². The van der Waals surface area contributed by atoms with Crippen molar-refractivity contribution in [2.24, 2.45) is 5.73 Å². The summed E-state index contributed by atoms with van der Waals surface area (Å²) in [5.41, 5.74) is 12.5. The Morgan fingerprint density at radius 3 is 2.30 bits per heavy atom. The second-order valence-electron chi connectivity index (χ2n) is 8.39. The van der Waals surface area contributed by atoms with Crippen molar-refractivity contribution in [2.45, 2.75) is 38.1 Å². The lowest BCUT2D eigenvalue weighted by Crippen LogP contribution is -2.47. The van der Waals surface area contributed by atoms with Crippen LogP contribution in [-0.2, 0) is 11.2 Å². The normalized spacial score (nSPS) is 15.7. The van der Waals surface area contributed by atoms with Crippen LogP contribution in [-0.4, -0.2) is 29.9 Å². The van der Waals surface area contributed by atoms with Crippen LogP contribution >= 0.6 is 0 Å². The van der Waals surface area contributed by atoms with Gasteiger partial charge in [-0.05, 0) is 54.4 Å². The monoisotopic (exact) mass is 398 g/mol. The highest BCUT2D eigenvalue weighted by Crippen LogP contribution is 2.31. The van der Waals surface area contributed by atoms with Crippen molar-refractivity contribution in [1.82, 2.24) is 4.90 Å². The molecule has 1 atom stereocenters. The van der Waals surface area contributed by atoms with Gasteiger partial charge in [0.05, 0.1) is 6.04 Å². The smallest absolute Gasteiger partial charge is 0.239 e. The molecule has 30 heavy (non-hydrogen) atoms. The second-order valence-corrected chi connectivity index (χ2v) is 8.39. The van der Waals surface area contributed by atoms with Crippen LogP contribution in [0.2, 0.25) is 0 Å². The molecule has 3 heteroatoms. The third-order valence-electron chi connectivity index (χ3n) is 6.17. The number of likely N-dealkylation sites (tertiary alicyclic amines) is 1. The van der Waals surface area contributed by atoms with Gasteiger partial charge >= 0.3 is 0 Å². The molecular weight excluding hydrogens is 368 g/mol. The topological polar surface area (TPSA) is 46.3 Å². The van der Waals surface area contributed by atoms with Crippen LogP contribution in [0.5, 0.6) is 0 Å². The van der Waals surface area contributed by atoms with E-state index < -0.39 is 6.04 Å². The number of carbonyl (C=O) groups excluding carboxylic acids is 1. The minimum atomic E-state index is -0.467. The molecule has 1 aliphatic rings. The molecule has 2 N–H and O–H groups in total. The Labute approximate surface area is 179 Å². The number of piperidine rings is 1. The zero-order chi connectivity index (χ0) is 20.9. The summed E-state index contributed by atoms with van der Waals surface area (Å²) < 4.78 is 0. The van der Waals surface area contributed by atoms with Crippen molar-refractivity contribution in [2.75, 3.05) is 13.1 Å². The van der Waals surface area contributed by atoms with E-state index in [4.69, 9.17) is 5.73 Å². The maximum atomic E-state index is 12.9. The lowest BCUT2D eigenvalue weighted by Gasteiger charge is -2.34. The molecule has 0 aromatic heterocycles. The van der Waals surface area contributed by atoms with Gasteiger partial charge < -0.3 is 10.6 Å². The maximum Gasteiger partial charge on any atom is 0.239 e. The Bertz CT molecular complexity index is 973. The molecule has 3 aromatic carbocycles. The average Bonchev–Trinajstić information content (AvgIpc) is 2.81. The first-order valence-corrected chi connectivity index (χ1v) is 10.9. The van der Waals surface area contributed by atoms with Gasteiger partial charge in [0.2, 0.25) is 5.91 Å². The molecule has 1 amide bonds. The molecule has 0 spiro atoms. The Hall–Kier alpha value is -2.91. The van der Waals surface area contributed by atoms with E-state index in [0.29, 0.717) is 12.3 Å². The molecule has 1 fully saturated rings. The van der Waals surface area contributed by atoms with Crippen LogP contribution in [0, 0.1) is 6.92 Å². The third-order valence-corrected chi connectivity index (χ3v) is 6.17. The third kappa shape index (κ3) is 4.80. The van der Waals surface area contributed by atoms with E-state index in [2.05, 4.69) is 79.7 Å². The van der Waals surface area contributed by atoms with Crippen LogP contribution in [0.25, 0.3) is 11.1 Å². The van der Waals surface area contributed by atoms with Crippen molar-refractivity contribution in [1.29, 1.82) is 0 Å². The predicted octanol–water partition coefficient (Wildman–Crippen LogP) is 4.94. The summed E-state index contributed by atoms with van der Waals surface area (Å²) in [6, 6.07) is 27.1. The molecule has 3 nitrogen and oxygen atoms in total. The van der Waals surface area contributed by atoms with Gasteiger partial charge in [-0.15, -0.1) is 0 Å². The molecule has 0 bridgehead atoms. The van der Waals surface area contributed by atoms with Crippen molar-refractivity contribution in [3.8, 4) is 11.1 Å². The SMILES string of the molecule is Cc1ccc(CC(N)C(=O)N2CCC(c3cccc(-c4ccccc4)c3)CC2)cc1. The fraction of sp³-hybridized carbons (Fsp3) is 0.296. The molecule has 154 valence electrons. The van der Waals surface area contributed by atoms with E-state index in [1.54, 1.807) is 0 Å². The van der Waals surface area contributed by atoms with Crippen LogP contribution in [0.1, 0.15) is 35.4 Å². The zero-order valence-corrected chi connectivity index (χ0v) is 17.6. The first kappa shape index (κ1) is 20.4. The molecular formula is C27H30N2O. The van der Waals surface area contributed by atoms with E-state index in [0.717, 1.165) is 31.5 Å². The first-order valence-electron chi connectivity index (χ1n) is 10.9. The molecule has 1 heterocycles. The highest BCUT2D eigenvalue weighted by molar-refractivity contribution is 5.82. The molecule has 0 saturated carbocycles. The number of hydrogen-bond donors (Lipinski definition) is 1. The number of aryl methyl sites for hydroxylation is 1. The van der Waals surface area contributed by atoms with Crippen molar-refractivity contribution in [3.05, 3.63) is 95.6 Å². The van der Waals surface area contributed by atoms with Gasteiger partial charge in [-0.2, -0.15) is 0 Å². The first-order chi connectivity index (χ1) is 14.6. The summed E-state index contributed by atoms with van der Waals surface area (Å²) in [6.07, 6.45) is 2.57. The number of nitrogens with zero attached hydrogens (tertiary/aromatic N) is 1. The highest BCUT2D eigenvalue weighted by atomic mass is 16.2. The van der Waals surface area contributed by atoms with E-state index in [1.807, 2.05) is 11.0 Å². The van der Waals surface area contributed by atoms with Crippen LogP contribution in [0.15, 0.2) is 78.9 Å². The van der Waals surface area contributed by atoms with Gasteiger partial charge in [0.1, 0.15) is 0 Å². The van der Waals surface area contributed by atoms with Gasteiger partial charge in [-0.3, -0.25) is 4.79 Å². The Kier molecular flexibility index (Phi) is 6.29. The lowest BCUT2D eigenvalue weighted by atomic mass is 9.87. The van der Waals surface area contributed by atoms with E-state index in [1.165, 1.54) is 22.3 Å². The summed E-state index contributed by atoms with van der Waals surface area (Å²) in [5.74, 6) is 0.568. The van der Waals surface area contributed by atoms with Crippen LogP contribution < -0.4 is 5.73 Å². The fourth-order valence-electron chi connectivity index (χ4n) is 4.34. The summed E-state index contributed by atoms with van der Waals surface area (Å²) in [4.78, 5) is 14.8. The Balaban J connectivity index is 1.35. The van der Waals surface area contributed by atoms with Crippen molar-refractivity contribution >= 4 is 5.91 Å². The van der Waals surface area contributed by atoms with Crippen LogP contribution in [0.4, 0.5) is 0 Å².